The number of thioether (sulfide) groups is 1. The van der Waals surface area contributed by atoms with Crippen molar-refractivity contribution in [1.29, 1.82) is 0 Å². The predicted molar refractivity (Wildman–Crippen MR) is 139 cm³/mol. The van der Waals surface area contributed by atoms with Gasteiger partial charge < -0.3 is 30.7 Å². The van der Waals surface area contributed by atoms with Crippen molar-refractivity contribution in [1.82, 2.24) is 20.9 Å². The molecule has 13 nitrogen and oxygen atoms in total. The van der Waals surface area contributed by atoms with Crippen molar-refractivity contribution in [3.05, 3.63) is 34.5 Å². The zero-order valence-corrected chi connectivity index (χ0v) is 21.5. The Balaban J connectivity index is 1.10. The highest BCUT2D eigenvalue weighted by molar-refractivity contribution is 8.00. The van der Waals surface area contributed by atoms with E-state index in [1.54, 1.807) is 12.1 Å². The van der Waals surface area contributed by atoms with E-state index in [1.165, 1.54) is 6.20 Å². The highest BCUT2D eigenvalue weighted by atomic mass is 32.2. The second kappa shape index (κ2) is 15.9. The van der Waals surface area contributed by atoms with Crippen LogP contribution in [0.4, 0.5) is 10.5 Å². The molecule has 3 heterocycles. The van der Waals surface area contributed by atoms with Gasteiger partial charge in [0, 0.05) is 34.6 Å². The van der Waals surface area contributed by atoms with E-state index in [0.29, 0.717) is 49.4 Å². The normalized spacial score (nSPS) is 19.9. The van der Waals surface area contributed by atoms with Crippen LogP contribution in [0.2, 0.25) is 0 Å². The maximum atomic E-state index is 12.0. The molecule has 0 aliphatic carbocycles. The number of urea groups is 1. The Morgan fingerprint density at radius 1 is 1.14 bits per heavy atom. The molecule has 3 atom stereocenters. The van der Waals surface area contributed by atoms with E-state index >= 15 is 0 Å². The van der Waals surface area contributed by atoms with Gasteiger partial charge >= 0.3 is 6.03 Å². The van der Waals surface area contributed by atoms with Gasteiger partial charge in [0.15, 0.2) is 0 Å². The first-order valence-electron chi connectivity index (χ1n) is 12.4. The Morgan fingerprint density at radius 2 is 1.97 bits per heavy atom. The summed E-state index contributed by atoms with van der Waals surface area (Å²) >= 11 is 1.89. The Labute approximate surface area is 219 Å². The molecule has 0 aromatic carbocycles. The van der Waals surface area contributed by atoms with Gasteiger partial charge in [0.1, 0.15) is 0 Å². The van der Waals surface area contributed by atoms with Crippen molar-refractivity contribution >= 4 is 35.3 Å². The smallest absolute Gasteiger partial charge is 0.315 e. The van der Waals surface area contributed by atoms with Crippen molar-refractivity contribution in [2.75, 3.05) is 44.0 Å². The minimum absolute atomic E-state index is 0.0131. The highest BCUT2D eigenvalue weighted by Gasteiger charge is 2.42. The summed E-state index contributed by atoms with van der Waals surface area (Å²) in [6, 6.07) is 3.75. The summed E-state index contributed by atoms with van der Waals surface area (Å²) < 4.78 is 10.9. The third-order valence-corrected chi connectivity index (χ3v) is 7.41. The van der Waals surface area contributed by atoms with E-state index in [0.717, 1.165) is 25.0 Å². The van der Waals surface area contributed by atoms with Gasteiger partial charge in [-0.3, -0.25) is 14.6 Å². The molecule has 37 heavy (non-hydrogen) atoms. The van der Waals surface area contributed by atoms with Crippen LogP contribution in [0.1, 0.15) is 37.8 Å². The van der Waals surface area contributed by atoms with Gasteiger partial charge in [0.05, 0.1) is 63.4 Å². The van der Waals surface area contributed by atoms with Crippen LogP contribution < -0.4 is 21.3 Å². The Bertz CT molecular complexity index is 944. The molecule has 0 spiro atoms. The second-order valence-electron chi connectivity index (χ2n) is 8.67. The lowest BCUT2D eigenvalue weighted by Crippen LogP contribution is -2.36. The summed E-state index contributed by atoms with van der Waals surface area (Å²) in [5, 5.41) is 15.4. The first kappa shape index (κ1) is 28.5. The zero-order valence-electron chi connectivity index (χ0n) is 20.7. The Hall–Kier alpha value is -3.06. The zero-order chi connectivity index (χ0) is 26.3. The molecule has 2 fully saturated rings. The van der Waals surface area contributed by atoms with Gasteiger partial charge in [0.25, 0.3) is 0 Å². The van der Waals surface area contributed by atoms with Crippen LogP contribution >= 0.6 is 11.8 Å². The molecule has 0 bridgehead atoms. The lowest BCUT2D eigenvalue weighted by Gasteiger charge is -2.16. The van der Waals surface area contributed by atoms with E-state index < -0.39 is 0 Å². The van der Waals surface area contributed by atoms with Crippen LogP contribution in [0.15, 0.2) is 23.4 Å². The molecule has 2 aliphatic heterocycles. The van der Waals surface area contributed by atoms with Gasteiger partial charge in [-0.15, -0.1) is 0 Å². The molecule has 1 aromatic rings. The number of nitrogens with zero attached hydrogens (tertiary/aromatic N) is 4. The fraction of sp³-hybridized carbons (Fsp3) is 0.652. The van der Waals surface area contributed by atoms with Crippen LogP contribution in [-0.4, -0.2) is 78.9 Å². The summed E-state index contributed by atoms with van der Waals surface area (Å²) in [4.78, 5) is 42.1. The first-order valence-corrected chi connectivity index (χ1v) is 13.5. The Morgan fingerprint density at radius 3 is 2.76 bits per heavy atom. The number of carbonyl (C=O) groups excluding carboxylic acids is 3. The van der Waals surface area contributed by atoms with Crippen LogP contribution in [0.5, 0.6) is 0 Å². The summed E-state index contributed by atoms with van der Waals surface area (Å²) in [7, 11) is 0. The van der Waals surface area contributed by atoms with Gasteiger partial charge in [-0.05, 0) is 30.5 Å². The quantitative estimate of drug-likeness (QED) is 0.0776. The van der Waals surface area contributed by atoms with Gasteiger partial charge in [-0.2, -0.15) is 11.8 Å². The van der Waals surface area contributed by atoms with Crippen molar-refractivity contribution in [2.24, 2.45) is 5.11 Å². The molecule has 3 rings (SSSR count). The molecule has 0 radical (unpaired) electrons. The number of ether oxygens (including phenoxy) is 2. The molecular formula is C23H34N8O5S. The van der Waals surface area contributed by atoms with Gasteiger partial charge in [0.2, 0.25) is 11.8 Å². The average Bonchev–Trinajstić information content (AvgIpc) is 3.44. The summed E-state index contributed by atoms with van der Waals surface area (Å²) in [6.45, 7) is 1.99. The van der Waals surface area contributed by atoms with E-state index in [2.05, 4.69) is 36.3 Å². The van der Waals surface area contributed by atoms with Crippen LogP contribution in [0, 0.1) is 0 Å². The molecule has 0 unspecified atom stereocenters. The molecule has 4 N–H and O–H groups in total. The van der Waals surface area contributed by atoms with Crippen LogP contribution in [0.25, 0.3) is 10.4 Å². The number of nitrogens with one attached hydrogen (secondary N) is 4. The molecule has 2 saturated heterocycles. The van der Waals surface area contributed by atoms with Crippen LogP contribution in [-0.2, 0) is 25.6 Å². The maximum Gasteiger partial charge on any atom is 0.315 e. The summed E-state index contributed by atoms with van der Waals surface area (Å²) in [5.41, 5.74) is 9.48. The lowest BCUT2D eigenvalue weighted by molar-refractivity contribution is -0.121. The highest BCUT2D eigenvalue weighted by Crippen LogP contribution is 2.33. The molecule has 1 aromatic heterocycles. The fourth-order valence-corrected chi connectivity index (χ4v) is 5.58. The van der Waals surface area contributed by atoms with Crippen molar-refractivity contribution in [2.45, 2.75) is 56.0 Å². The number of hydrogen-bond donors (Lipinski definition) is 4. The summed E-state index contributed by atoms with van der Waals surface area (Å²) in [6.07, 6.45) is 4.96. The van der Waals surface area contributed by atoms with Crippen molar-refractivity contribution in [3.63, 3.8) is 0 Å². The third-order valence-electron chi connectivity index (χ3n) is 5.90. The van der Waals surface area contributed by atoms with Gasteiger partial charge in [-0.25, -0.2) is 4.79 Å². The Kier molecular flexibility index (Phi) is 12.3. The number of azide groups is 1. The summed E-state index contributed by atoms with van der Waals surface area (Å²) in [5.74, 6) is 0.770. The third kappa shape index (κ3) is 10.4. The fourth-order valence-electron chi connectivity index (χ4n) is 4.03. The molecular weight excluding hydrogens is 500 g/mol. The molecule has 202 valence electrons. The van der Waals surface area contributed by atoms with E-state index in [4.69, 9.17) is 15.0 Å². The maximum absolute atomic E-state index is 12.0. The molecule has 4 amide bonds. The number of pyridine rings is 1. The number of unbranched alkanes of at least 4 members (excludes halogenated alkanes) is 1. The van der Waals surface area contributed by atoms with E-state index in [9.17, 15) is 14.4 Å². The number of hydrogen-bond acceptors (Lipinski definition) is 8. The predicted octanol–water partition coefficient (Wildman–Crippen LogP) is 2.10. The number of aromatic nitrogens is 1. The largest absolute Gasteiger partial charge is 0.379 e. The van der Waals surface area contributed by atoms with Crippen LogP contribution in [0.3, 0.4) is 0 Å². The lowest BCUT2D eigenvalue weighted by atomic mass is 10.0. The standard InChI is InChI=1S/C23H34N8O5S/c24-31-27-14-16-5-6-17(13-26-16)28-21(33)7-9-35-11-12-36-10-8-25-20(32)4-2-1-3-19-22-18(15-37-19)29-23(34)30-22/h5-6,13,18-19,22H,1-4,7-12,14-15H2,(H,25,32)(H,28,33)(H2,29,30,34)/t18-,19-,22-/m1/s1. The first-order chi connectivity index (χ1) is 18.0. The SMILES string of the molecule is [N-]=[N+]=NCc1ccc(NC(=O)CCOCCOCCNC(=O)CCCC[C@H]2SC[C@H]3NC(=O)N[C@H]32)cn1. The number of rotatable bonds is 17. The number of fused-ring (bicyclic) bond motifs is 1. The second-order valence-corrected chi connectivity index (χ2v) is 9.94. The number of amides is 4. The minimum Gasteiger partial charge on any atom is -0.379 e. The number of anilines is 1. The molecule has 14 heteroatoms. The average molecular weight is 535 g/mol. The van der Waals surface area contributed by atoms with E-state index in [1.807, 2.05) is 11.8 Å². The van der Waals surface area contributed by atoms with Gasteiger partial charge in [-0.1, -0.05) is 11.5 Å². The molecule has 2 aliphatic rings. The van der Waals surface area contributed by atoms with E-state index in [-0.39, 0.29) is 49.5 Å². The monoisotopic (exact) mass is 534 g/mol. The minimum atomic E-state index is -0.193. The number of carbonyl (C=O) groups is 3. The molecule has 0 saturated carbocycles. The van der Waals surface area contributed by atoms with Crippen molar-refractivity contribution < 1.29 is 23.9 Å². The topological polar surface area (TPSA) is 179 Å². The van der Waals surface area contributed by atoms with Crippen molar-refractivity contribution in [3.8, 4) is 0 Å².